The molecule has 0 saturated carbocycles. The summed E-state index contributed by atoms with van der Waals surface area (Å²) in [7, 11) is 1.81. The Labute approximate surface area is 171 Å². The molecule has 3 rings (SSSR count). The van der Waals surface area contributed by atoms with Gasteiger partial charge in [0.15, 0.2) is 0 Å². The highest BCUT2D eigenvalue weighted by molar-refractivity contribution is 7.07. The normalized spacial score (nSPS) is 12.1. The van der Waals surface area contributed by atoms with Crippen molar-refractivity contribution in [3.8, 4) is 11.3 Å². The summed E-state index contributed by atoms with van der Waals surface area (Å²) in [6.45, 7) is 8.54. The maximum atomic E-state index is 4.74. The molecule has 4 nitrogen and oxygen atoms in total. The van der Waals surface area contributed by atoms with E-state index < -0.39 is 0 Å². The van der Waals surface area contributed by atoms with Gasteiger partial charge in [-0.05, 0) is 43.5 Å². The molecule has 0 aliphatic carbocycles. The molecule has 28 heavy (non-hydrogen) atoms. The predicted molar refractivity (Wildman–Crippen MR) is 122 cm³/mol. The minimum absolute atomic E-state index is 0.880. The van der Waals surface area contributed by atoms with Crippen LogP contribution in [-0.2, 0) is 6.42 Å². The fraction of sp³-hybridized carbons (Fsp3) is 0.304. The summed E-state index contributed by atoms with van der Waals surface area (Å²) in [4.78, 5) is 7.60. The fourth-order valence-corrected chi connectivity index (χ4v) is 3.96. The van der Waals surface area contributed by atoms with Crippen LogP contribution in [0.15, 0.2) is 64.0 Å². The van der Waals surface area contributed by atoms with Crippen LogP contribution in [0.4, 0.5) is 5.69 Å². The average Bonchev–Trinajstić information content (AvgIpc) is 3.17. The van der Waals surface area contributed by atoms with E-state index in [9.17, 15) is 0 Å². The smallest absolute Gasteiger partial charge is 0.205 e. The molecule has 1 aromatic heterocycles. The Morgan fingerprint density at radius 2 is 1.64 bits per heavy atom. The Bertz CT molecular complexity index is 975. The molecule has 0 atom stereocenters. The Balaban J connectivity index is 1.90. The van der Waals surface area contributed by atoms with Gasteiger partial charge in [-0.1, -0.05) is 43.3 Å². The first kappa shape index (κ1) is 20.1. The molecule has 0 spiro atoms. The zero-order valence-corrected chi connectivity index (χ0v) is 17.9. The first-order valence-electron chi connectivity index (χ1n) is 9.82. The minimum atomic E-state index is 0.880. The Kier molecular flexibility index (Phi) is 6.82. The third-order valence-corrected chi connectivity index (χ3v) is 5.79. The summed E-state index contributed by atoms with van der Waals surface area (Å²) >= 11 is 1.60. The Morgan fingerprint density at radius 1 is 0.964 bits per heavy atom. The molecule has 0 aliphatic heterocycles. The first-order valence-corrected chi connectivity index (χ1v) is 10.7. The number of nitrogens with zero attached hydrogens (tertiary/aromatic N) is 4. The molecule has 0 saturated heterocycles. The van der Waals surface area contributed by atoms with Crippen LogP contribution in [0.1, 0.15) is 31.9 Å². The van der Waals surface area contributed by atoms with Crippen LogP contribution in [0.2, 0.25) is 0 Å². The summed E-state index contributed by atoms with van der Waals surface area (Å²) in [6, 6.07) is 17.2. The van der Waals surface area contributed by atoms with Gasteiger partial charge in [0.1, 0.15) is 0 Å². The van der Waals surface area contributed by atoms with Crippen molar-refractivity contribution in [1.82, 2.24) is 4.68 Å². The number of aromatic nitrogens is 1. The molecule has 5 heteroatoms. The van der Waals surface area contributed by atoms with Crippen molar-refractivity contribution < 1.29 is 0 Å². The van der Waals surface area contributed by atoms with Crippen molar-refractivity contribution in [2.24, 2.45) is 10.1 Å². The topological polar surface area (TPSA) is 32.9 Å². The van der Waals surface area contributed by atoms with Crippen molar-refractivity contribution in [2.75, 3.05) is 25.0 Å². The molecule has 0 N–H and O–H groups in total. The monoisotopic (exact) mass is 392 g/mol. The number of hydrogen-bond donors (Lipinski definition) is 0. The van der Waals surface area contributed by atoms with Crippen molar-refractivity contribution >= 4 is 23.2 Å². The minimum Gasteiger partial charge on any atom is -0.372 e. The van der Waals surface area contributed by atoms with E-state index in [0.717, 1.165) is 41.1 Å². The lowest BCUT2D eigenvalue weighted by Crippen LogP contribution is -2.21. The summed E-state index contributed by atoms with van der Waals surface area (Å²) in [5.74, 6) is 0. The molecule has 0 bridgehead atoms. The average molecular weight is 393 g/mol. The number of hydrogen-bond acceptors (Lipinski definition) is 4. The lowest BCUT2D eigenvalue weighted by Gasteiger charge is -2.20. The van der Waals surface area contributed by atoms with E-state index in [1.165, 1.54) is 11.3 Å². The molecular weight excluding hydrogens is 364 g/mol. The molecule has 3 aromatic rings. The third kappa shape index (κ3) is 4.42. The van der Waals surface area contributed by atoms with Gasteiger partial charge in [0.05, 0.1) is 11.9 Å². The van der Waals surface area contributed by atoms with Crippen LogP contribution in [0, 0.1) is 0 Å². The molecule has 0 amide bonds. The van der Waals surface area contributed by atoms with Gasteiger partial charge in [0, 0.05) is 36.8 Å². The summed E-state index contributed by atoms with van der Waals surface area (Å²) in [5.41, 5.74) is 5.86. The fourth-order valence-electron chi connectivity index (χ4n) is 3.16. The van der Waals surface area contributed by atoms with E-state index in [2.05, 4.69) is 84.6 Å². The van der Waals surface area contributed by atoms with Gasteiger partial charge in [0.25, 0.3) is 0 Å². The van der Waals surface area contributed by atoms with E-state index in [1.54, 1.807) is 18.4 Å². The lowest BCUT2D eigenvalue weighted by atomic mass is 10.1. The van der Waals surface area contributed by atoms with Crippen LogP contribution in [0.3, 0.4) is 0 Å². The number of aryl methyl sites for hydroxylation is 1. The standard InChI is InChI=1S/C23H28N4S/c1-5-18-8-12-20(13-9-18)22-17-28-23(24-4)27(22)25-16-19-10-14-21(15-11-19)26(6-2)7-3/h8-17H,5-7H2,1-4H3. The molecule has 2 aromatic carbocycles. The van der Waals surface area contributed by atoms with Crippen molar-refractivity contribution in [1.29, 1.82) is 0 Å². The number of thiazole rings is 1. The second-order valence-electron chi connectivity index (χ2n) is 6.50. The van der Waals surface area contributed by atoms with E-state index in [-0.39, 0.29) is 0 Å². The quantitative estimate of drug-likeness (QED) is 0.519. The number of anilines is 1. The van der Waals surface area contributed by atoms with Gasteiger partial charge in [-0.2, -0.15) is 5.10 Å². The molecule has 0 unspecified atom stereocenters. The van der Waals surface area contributed by atoms with Gasteiger partial charge in [0.2, 0.25) is 4.80 Å². The van der Waals surface area contributed by atoms with Gasteiger partial charge in [-0.15, -0.1) is 11.3 Å². The van der Waals surface area contributed by atoms with E-state index in [0.29, 0.717) is 0 Å². The van der Waals surface area contributed by atoms with Crippen LogP contribution in [-0.4, -0.2) is 31.0 Å². The number of rotatable bonds is 7. The highest BCUT2D eigenvalue weighted by Crippen LogP contribution is 2.21. The van der Waals surface area contributed by atoms with Crippen molar-refractivity contribution in [3.05, 3.63) is 69.8 Å². The summed E-state index contributed by atoms with van der Waals surface area (Å²) < 4.78 is 1.92. The van der Waals surface area contributed by atoms with E-state index >= 15 is 0 Å². The number of benzene rings is 2. The third-order valence-electron chi connectivity index (χ3n) is 4.88. The Hall–Kier alpha value is -2.66. The van der Waals surface area contributed by atoms with Gasteiger partial charge in [-0.25, -0.2) is 4.68 Å². The van der Waals surface area contributed by atoms with E-state index in [4.69, 9.17) is 5.10 Å². The lowest BCUT2D eigenvalue weighted by molar-refractivity contribution is 0.848. The molecule has 146 valence electrons. The second kappa shape index (κ2) is 9.51. The van der Waals surface area contributed by atoms with Crippen LogP contribution in [0.5, 0.6) is 0 Å². The van der Waals surface area contributed by atoms with Crippen LogP contribution in [0.25, 0.3) is 11.3 Å². The maximum Gasteiger partial charge on any atom is 0.205 e. The predicted octanol–water partition coefficient (Wildman–Crippen LogP) is 5.04. The van der Waals surface area contributed by atoms with Crippen molar-refractivity contribution in [2.45, 2.75) is 27.2 Å². The van der Waals surface area contributed by atoms with Crippen LogP contribution >= 0.6 is 11.3 Å². The molecule has 1 heterocycles. The maximum absolute atomic E-state index is 4.74. The molecule has 0 radical (unpaired) electrons. The first-order chi connectivity index (χ1) is 13.7. The zero-order chi connectivity index (χ0) is 19.9. The largest absolute Gasteiger partial charge is 0.372 e. The van der Waals surface area contributed by atoms with Crippen molar-refractivity contribution in [3.63, 3.8) is 0 Å². The summed E-state index contributed by atoms with van der Waals surface area (Å²) in [5, 5.41) is 6.85. The molecule has 0 fully saturated rings. The SMILES string of the molecule is CCc1ccc(-c2csc(=NC)n2N=Cc2ccc(N(CC)CC)cc2)cc1. The molecule has 0 aliphatic rings. The van der Waals surface area contributed by atoms with Crippen LogP contribution < -0.4 is 9.70 Å². The highest BCUT2D eigenvalue weighted by atomic mass is 32.1. The van der Waals surface area contributed by atoms with Gasteiger partial charge in [-0.3, -0.25) is 4.99 Å². The van der Waals surface area contributed by atoms with Gasteiger partial charge < -0.3 is 4.90 Å². The second-order valence-corrected chi connectivity index (χ2v) is 7.33. The zero-order valence-electron chi connectivity index (χ0n) is 17.1. The Morgan fingerprint density at radius 3 is 2.21 bits per heavy atom. The van der Waals surface area contributed by atoms with Gasteiger partial charge >= 0.3 is 0 Å². The van der Waals surface area contributed by atoms with E-state index in [1.807, 2.05) is 10.9 Å². The molecular formula is C23H28N4S. The highest BCUT2D eigenvalue weighted by Gasteiger charge is 2.07. The summed E-state index contributed by atoms with van der Waals surface area (Å²) in [6.07, 6.45) is 2.94.